The molecule has 1 aromatic rings. The number of halogens is 1. The third kappa shape index (κ3) is 2.75. The highest BCUT2D eigenvalue weighted by Gasteiger charge is 2.18. The summed E-state index contributed by atoms with van der Waals surface area (Å²) in [6.07, 6.45) is 2.24. The molecular weight excluding hydrogens is 235 g/mol. The molecule has 2 nitrogen and oxygen atoms in total. The molecule has 1 aliphatic heterocycles. The van der Waals surface area contributed by atoms with Gasteiger partial charge in [-0.05, 0) is 37.0 Å². The number of hydrogen-bond donors (Lipinski definition) is 1. The van der Waals surface area contributed by atoms with Crippen molar-refractivity contribution in [3.8, 4) is 0 Å². The highest BCUT2D eigenvalue weighted by molar-refractivity contribution is 7.80. The van der Waals surface area contributed by atoms with Crippen molar-refractivity contribution in [1.29, 1.82) is 0 Å². The summed E-state index contributed by atoms with van der Waals surface area (Å²) in [7, 11) is 0. The Morgan fingerprint density at radius 1 is 1.41 bits per heavy atom. The van der Waals surface area contributed by atoms with Gasteiger partial charge in [-0.1, -0.05) is 19.1 Å². The highest BCUT2D eigenvalue weighted by Crippen LogP contribution is 2.26. The first kappa shape index (κ1) is 12.3. The monoisotopic (exact) mass is 252 g/mol. The number of anilines is 1. The minimum atomic E-state index is -0.232. The van der Waals surface area contributed by atoms with E-state index < -0.39 is 0 Å². The standard InChI is InChI=1S/C13H17FN2S/c1-9-4-6-16(7-5-9)12-3-2-10(13(15)17)8-11(12)14/h2-3,8-9H,4-7H2,1H3,(H2,15,17). The van der Waals surface area contributed by atoms with Crippen LogP contribution in [-0.2, 0) is 0 Å². The Hall–Kier alpha value is -1.16. The van der Waals surface area contributed by atoms with E-state index in [0.717, 1.165) is 31.8 Å². The lowest BCUT2D eigenvalue weighted by atomic mass is 9.98. The molecule has 0 amide bonds. The zero-order chi connectivity index (χ0) is 12.4. The van der Waals surface area contributed by atoms with Gasteiger partial charge in [0.15, 0.2) is 0 Å². The normalized spacial score (nSPS) is 17.2. The van der Waals surface area contributed by atoms with Gasteiger partial charge in [-0.2, -0.15) is 0 Å². The number of piperidine rings is 1. The average molecular weight is 252 g/mol. The van der Waals surface area contributed by atoms with Gasteiger partial charge in [0.05, 0.1) is 5.69 Å². The molecule has 0 aromatic heterocycles. The number of rotatable bonds is 2. The fourth-order valence-corrected chi connectivity index (χ4v) is 2.29. The molecule has 0 radical (unpaired) electrons. The third-order valence-electron chi connectivity index (χ3n) is 3.36. The summed E-state index contributed by atoms with van der Waals surface area (Å²) in [4.78, 5) is 2.33. The van der Waals surface area contributed by atoms with Gasteiger partial charge in [-0.3, -0.25) is 0 Å². The van der Waals surface area contributed by atoms with E-state index >= 15 is 0 Å². The van der Waals surface area contributed by atoms with Gasteiger partial charge in [0.1, 0.15) is 10.8 Å². The maximum Gasteiger partial charge on any atom is 0.147 e. The lowest BCUT2D eigenvalue weighted by molar-refractivity contribution is 0.434. The van der Waals surface area contributed by atoms with E-state index in [2.05, 4.69) is 11.8 Å². The highest BCUT2D eigenvalue weighted by atomic mass is 32.1. The molecule has 0 saturated carbocycles. The molecule has 0 spiro atoms. The molecule has 0 aliphatic carbocycles. The lowest BCUT2D eigenvalue weighted by Gasteiger charge is -2.32. The molecule has 0 unspecified atom stereocenters. The minimum Gasteiger partial charge on any atom is -0.389 e. The second-order valence-corrected chi connectivity index (χ2v) is 5.14. The Morgan fingerprint density at radius 2 is 2.06 bits per heavy atom. The minimum absolute atomic E-state index is 0.232. The molecule has 17 heavy (non-hydrogen) atoms. The van der Waals surface area contributed by atoms with Gasteiger partial charge in [-0.25, -0.2) is 4.39 Å². The molecule has 1 fully saturated rings. The van der Waals surface area contributed by atoms with Crippen LogP contribution < -0.4 is 10.6 Å². The van der Waals surface area contributed by atoms with E-state index in [-0.39, 0.29) is 10.8 Å². The summed E-state index contributed by atoms with van der Waals surface area (Å²) in [6, 6.07) is 4.99. The van der Waals surface area contributed by atoms with Gasteiger partial charge < -0.3 is 10.6 Å². The second-order valence-electron chi connectivity index (χ2n) is 4.70. The summed E-state index contributed by atoms with van der Waals surface area (Å²) < 4.78 is 13.9. The van der Waals surface area contributed by atoms with Crippen molar-refractivity contribution >= 4 is 22.9 Å². The molecule has 2 N–H and O–H groups in total. The van der Waals surface area contributed by atoms with E-state index in [9.17, 15) is 4.39 Å². The Kier molecular flexibility index (Phi) is 3.62. The van der Waals surface area contributed by atoms with Crippen molar-refractivity contribution in [2.75, 3.05) is 18.0 Å². The molecule has 4 heteroatoms. The predicted molar refractivity (Wildman–Crippen MR) is 72.9 cm³/mol. The summed E-state index contributed by atoms with van der Waals surface area (Å²) in [5.41, 5.74) is 6.73. The first-order chi connectivity index (χ1) is 8.08. The van der Waals surface area contributed by atoms with Crippen molar-refractivity contribution in [2.45, 2.75) is 19.8 Å². The topological polar surface area (TPSA) is 29.3 Å². The van der Waals surface area contributed by atoms with Crippen LogP contribution >= 0.6 is 12.2 Å². The summed E-state index contributed by atoms with van der Waals surface area (Å²) in [5, 5.41) is 0. The molecule has 1 heterocycles. The number of benzene rings is 1. The fraction of sp³-hybridized carbons (Fsp3) is 0.462. The smallest absolute Gasteiger partial charge is 0.147 e. The molecule has 1 aromatic carbocycles. The van der Waals surface area contributed by atoms with Gasteiger partial charge in [0.25, 0.3) is 0 Å². The Balaban J connectivity index is 2.19. The van der Waals surface area contributed by atoms with E-state index in [1.165, 1.54) is 6.07 Å². The van der Waals surface area contributed by atoms with Crippen LogP contribution in [-0.4, -0.2) is 18.1 Å². The van der Waals surface area contributed by atoms with E-state index in [4.69, 9.17) is 18.0 Å². The fourth-order valence-electron chi connectivity index (χ4n) is 2.17. The zero-order valence-electron chi connectivity index (χ0n) is 9.95. The van der Waals surface area contributed by atoms with Gasteiger partial charge in [0.2, 0.25) is 0 Å². The quantitative estimate of drug-likeness (QED) is 0.821. The maximum atomic E-state index is 13.9. The predicted octanol–water partition coefficient (Wildman–Crippen LogP) is 2.70. The molecule has 0 atom stereocenters. The van der Waals surface area contributed by atoms with Crippen LogP contribution in [0.5, 0.6) is 0 Å². The Bertz CT molecular complexity index is 425. The van der Waals surface area contributed by atoms with Gasteiger partial charge >= 0.3 is 0 Å². The Morgan fingerprint density at radius 3 is 2.59 bits per heavy atom. The maximum absolute atomic E-state index is 13.9. The zero-order valence-corrected chi connectivity index (χ0v) is 10.8. The largest absolute Gasteiger partial charge is 0.389 e. The van der Waals surface area contributed by atoms with Crippen molar-refractivity contribution in [2.24, 2.45) is 11.7 Å². The number of hydrogen-bond acceptors (Lipinski definition) is 2. The molecule has 2 rings (SSSR count). The van der Waals surface area contributed by atoms with Gasteiger partial charge in [-0.15, -0.1) is 0 Å². The lowest BCUT2D eigenvalue weighted by Crippen LogP contribution is -2.33. The van der Waals surface area contributed by atoms with Crippen LogP contribution in [0.15, 0.2) is 18.2 Å². The van der Waals surface area contributed by atoms with E-state index in [1.807, 2.05) is 0 Å². The number of thiocarbonyl (C=S) groups is 1. The Labute approximate surface area is 107 Å². The molecule has 1 aliphatic rings. The third-order valence-corrected chi connectivity index (χ3v) is 3.59. The van der Waals surface area contributed by atoms with Crippen molar-refractivity contribution in [3.63, 3.8) is 0 Å². The van der Waals surface area contributed by atoms with Crippen molar-refractivity contribution in [3.05, 3.63) is 29.6 Å². The molecular formula is C13H17FN2S. The summed E-state index contributed by atoms with van der Waals surface area (Å²) >= 11 is 4.83. The first-order valence-electron chi connectivity index (χ1n) is 5.92. The van der Waals surface area contributed by atoms with Crippen LogP contribution in [0, 0.1) is 11.7 Å². The first-order valence-corrected chi connectivity index (χ1v) is 6.33. The molecule has 1 saturated heterocycles. The van der Waals surface area contributed by atoms with Crippen LogP contribution in [0.1, 0.15) is 25.3 Å². The van der Waals surface area contributed by atoms with Crippen LogP contribution in [0.2, 0.25) is 0 Å². The van der Waals surface area contributed by atoms with Crippen molar-refractivity contribution < 1.29 is 4.39 Å². The summed E-state index contributed by atoms with van der Waals surface area (Å²) in [6.45, 7) is 4.08. The van der Waals surface area contributed by atoms with Crippen LogP contribution in [0.4, 0.5) is 10.1 Å². The number of nitrogens with zero attached hydrogens (tertiary/aromatic N) is 1. The van der Waals surface area contributed by atoms with Gasteiger partial charge in [0, 0.05) is 18.7 Å². The number of nitrogens with two attached hydrogens (primary N) is 1. The summed E-state index contributed by atoms with van der Waals surface area (Å²) in [5.74, 6) is 0.509. The van der Waals surface area contributed by atoms with Crippen molar-refractivity contribution in [1.82, 2.24) is 0 Å². The van der Waals surface area contributed by atoms with E-state index in [1.54, 1.807) is 12.1 Å². The molecule has 92 valence electrons. The molecule has 0 bridgehead atoms. The van der Waals surface area contributed by atoms with E-state index in [0.29, 0.717) is 11.3 Å². The van der Waals surface area contributed by atoms with Crippen LogP contribution in [0.25, 0.3) is 0 Å². The SMILES string of the molecule is CC1CCN(c2ccc(C(N)=S)cc2F)CC1. The average Bonchev–Trinajstić information content (AvgIpc) is 2.30. The van der Waals surface area contributed by atoms with Crippen LogP contribution in [0.3, 0.4) is 0 Å². The second kappa shape index (κ2) is 5.00.